The Hall–Kier alpha value is -0.0800. The fraction of sp³-hybridized carbons (Fsp3) is 1.00. The zero-order chi connectivity index (χ0) is 9.68. The van der Waals surface area contributed by atoms with E-state index >= 15 is 0 Å². The van der Waals surface area contributed by atoms with Gasteiger partial charge < -0.3 is 10.2 Å². The Labute approximate surface area is 82.7 Å². The smallest absolute Gasteiger partial charge is 0.00767 e. The van der Waals surface area contributed by atoms with Crippen LogP contribution < -0.4 is 5.32 Å². The van der Waals surface area contributed by atoms with E-state index in [1.165, 1.54) is 39.0 Å². The lowest BCUT2D eigenvalue weighted by Crippen LogP contribution is -2.43. The first-order valence-electron chi connectivity index (χ1n) is 5.72. The zero-order valence-electron chi connectivity index (χ0n) is 9.34. The van der Waals surface area contributed by atoms with Gasteiger partial charge >= 0.3 is 0 Å². The Morgan fingerprint density at radius 2 is 2.15 bits per heavy atom. The Morgan fingerprint density at radius 1 is 1.38 bits per heavy atom. The van der Waals surface area contributed by atoms with Crippen molar-refractivity contribution < 1.29 is 0 Å². The van der Waals surface area contributed by atoms with E-state index in [2.05, 4.69) is 31.0 Å². The summed E-state index contributed by atoms with van der Waals surface area (Å²) in [6.45, 7) is 11.8. The summed E-state index contributed by atoms with van der Waals surface area (Å²) >= 11 is 0. The average Bonchev–Trinajstić information content (AvgIpc) is 2.12. The monoisotopic (exact) mass is 184 g/mol. The van der Waals surface area contributed by atoms with Crippen LogP contribution in [0.1, 0.15) is 33.6 Å². The fourth-order valence-electron chi connectivity index (χ4n) is 2.04. The highest BCUT2D eigenvalue weighted by molar-refractivity contribution is 4.74. The molecule has 0 radical (unpaired) electrons. The van der Waals surface area contributed by atoms with Gasteiger partial charge in [-0.2, -0.15) is 0 Å². The van der Waals surface area contributed by atoms with Crippen molar-refractivity contribution in [3.63, 3.8) is 0 Å². The molecule has 1 N–H and O–H groups in total. The van der Waals surface area contributed by atoms with Crippen LogP contribution in [0.4, 0.5) is 0 Å². The molecule has 13 heavy (non-hydrogen) atoms. The molecule has 1 aliphatic rings. The van der Waals surface area contributed by atoms with E-state index in [9.17, 15) is 0 Å². The molecule has 0 bridgehead atoms. The summed E-state index contributed by atoms with van der Waals surface area (Å²) in [5.74, 6) is 0.800. The molecule has 0 saturated carbocycles. The molecule has 1 aliphatic heterocycles. The molecule has 0 aromatic carbocycles. The van der Waals surface area contributed by atoms with E-state index in [0.29, 0.717) is 0 Å². The minimum atomic E-state index is 0.747. The third-order valence-corrected chi connectivity index (χ3v) is 3.06. The van der Waals surface area contributed by atoms with E-state index in [1.54, 1.807) is 0 Å². The Balaban J connectivity index is 2.40. The summed E-state index contributed by atoms with van der Waals surface area (Å²) in [6.07, 6.45) is 2.58. The van der Waals surface area contributed by atoms with Gasteiger partial charge in [0.2, 0.25) is 0 Å². The molecule has 0 aromatic heterocycles. The predicted molar refractivity (Wildman–Crippen MR) is 58.0 cm³/mol. The molecular formula is C11H24N2. The molecule has 0 amide bonds. The molecule has 1 fully saturated rings. The zero-order valence-corrected chi connectivity index (χ0v) is 9.34. The lowest BCUT2D eigenvalue weighted by Gasteiger charge is -2.31. The van der Waals surface area contributed by atoms with Crippen LogP contribution in [0.5, 0.6) is 0 Å². The van der Waals surface area contributed by atoms with Crippen LogP contribution in [0.3, 0.4) is 0 Å². The van der Waals surface area contributed by atoms with Crippen LogP contribution in [0.15, 0.2) is 0 Å². The number of hydrogen-bond donors (Lipinski definition) is 1. The topological polar surface area (TPSA) is 15.3 Å². The molecule has 0 spiro atoms. The van der Waals surface area contributed by atoms with E-state index in [0.717, 1.165) is 12.0 Å². The summed E-state index contributed by atoms with van der Waals surface area (Å²) in [7, 11) is 0. The maximum absolute atomic E-state index is 3.64. The molecular weight excluding hydrogens is 160 g/mol. The maximum Gasteiger partial charge on any atom is 0.00767 e. The molecule has 1 saturated heterocycles. The number of hydrogen-bond acceptors (Lipinski definition) is 2. The largest absolute Gasteiger partial charge is 0.314 e. The van der Waals surface area contributed by atoms with Gasteiger partial charge in [0.25, 0.3) is 0 Å². The van der Waals surface area contributed by atoms with Crippen molar-refractivity contribution in [2.75, 3.05) is 26.2 Å². The van der Waals surface area contributed by atoms with Gasteiger partial charge in [0.1, 0.15) is 0 Å². The highest BCUT2D eigenvalue weighted by Crippen LogP contribution is 2.08. The molecule has 1 heterocycles. The molecule has 2 unspecified atom stereocenters. The van der Waals surface area contributed by atoms with Crippen molar-refractivity contribution >= 4 is 0 Å². The maximum atomic E-state index is 3.64. The normalized spacial score (nSPS) is 32.5. The Morgan fingerprint density at radius 3 is 2.77 bits per heavy atom. The first-order chi connectivity index (χ1) is 6.26. The lowest BCUT2D eigenvalue weighted by atomic mass is 10.1. The van der Waals surface area contributed by atoms with Crippen LogP contribution in [0.2, 0.25) is 0 Å². The minimum absolute atomic E-state index is 0.747. The summed E-state index contributed by atoms with van der Waals surface area (Å²) in [5.41, 5.74) is 0. The summed E-state index contributed by atoms with van der Waals surface area (Å²) in [4.78, 5) is 2.58. The van der Waals surface area contributed by atoms with Crippen molar-refractivity contribution in [3.8, 4) is 0 Å². The second kappa shape index (κ2) is 5.61. The first-order valence-corrected chi connectivity index (χ1v) is 5.72. The Kier molecular flexibility index (Phi) is 4.74. The molecule has 1 rings (SSSR count). The molecule has 78 valence electrons. The second-order valence-corrected chi connectivity index (χ2v) is 4.30. The van der Waals surface area contributed by atoms with Crippen LogP contribution in [0.25, 0.3) is 0 Å². The van der Waals surface area contributed by atoms with Crippen molar-refractivity contribution in [1.29, 1.82) is 0 Å². The molecule has 2 nitrogen and oxygen atoms in total. The first kappa shape index (κ1) is 11.0. The van der Waals surface area contributed by atoms with E-state index in [1.807, 2.05) is 0 Å². The predicted octanol–water partition coefficient (Wildman–Crippen LogP) is 1.72. The van der Waals surface area contributed by atoms with Gasteiger partial charge in [-0.1, -0.05) is 20.8 Å². The number of rotatable bonds is 2. The standard InChI is InChI=1S/C11H24N2/c1-4-11-6-7-13(5-2)9-10(3)8-12-11/h10-12H,4-9H2,1-3H3. The number of nitrogens with zero attached hydrogens (tertiary/aromatic N) is 1. The quantitative estimate of drug-likeness (QED) is 0.703. The van der Waals surface area contributed by atoms with Gasteiger partial charge in [0.15, 0.2) is 0 Å². The van der Waals surface area contributed by atoms with E-state index in [-0.39, 0.29) is 0 Å². The molecule has 0 aromatic rings. The fourth-order valence-corrected chi connectivity index (χ4v) is 2.04. The molecule has 2 heteroatoms. The third kappa shape index (κ3) is 3.65. The highest BCUT2D eigenvalue weighted by atomic mass is 15.1. The van der Waals surface area contributed by atoms with Crippen LogP contribution in [-0.2, 0) is 0 Å². The van der Waals surface area contributed by atoms with Crippen molar-refractivity contribution in [1.82, 2.24) is 10.2 Å². The van der Waals surface area contributed by atoms with Gasteiger partial charge in [-0.25, -0.2) is 0 Å². The van der Waals surface area contributed by atoms with E-state index in [4.69, 9.17) is 0 Å². The SMILES string of the molecule is CCC1CCN(CC)CC(C)CN1. The Bertz CT molecular complexity index is 136. The van der Waals surface area contributed by atoms with E-state index < -0.39 is 0 Å². The summed E-state index contributed by atoms with van der Waals surface area (Å²) in [6, 6.07) is 0.747. The average molecular weight is 184 g/mol. The van der Waals surface area contributed by atoms with Crippen molar-refractivity contribution in [3.05, 3.63) is 0 Å². The minimum Gasteiger partial charge on any atom is -0.314 e. The van der Waals surface area contributed by atoms with Crippen LogP contribution >= 0.6 is 0 Å². The lowest BCUT2D eigenvalue weighted by molar-refractivity contribution is 0.205. The summed E-state index contributed by atoms with van der Waals surface area (Å²) < 4.78 is 0. The van der Waals surface area contributed by atoms with Gasteiger partial charge in [-0.15, -0.1) is 0 Å². The van der Waals surface area contributed by atoms with Gasteiger partial charge in [-0.05, 0) is 38.4 Å². The third-order valence-electron chi connectivity index (χ3n) is 3.06. The van der Waals surface area contributed by atoms with Crippen LogP contribution in [0, 0.1) is 5.92 Å². The summed E-state index contributed by atoms with van der Waals surface area (Å²) in [5, 5.41) is 3.64. The van der Waals surface area contributed by atoms with Crippen LogP contribution in [-0.4, -0.2) is 37.1 Å². The molecule has 0 aliphatic carbocycles. The highest BCUT2D eigenvalue weighted by Gasteiger charge is 2.16. The van der Waals surface area contributed by atoms with Crippen molar-refractivity contribution in [2.45, 2.75) is 39.7 Å². The van der Waals surface area contributed by atoms with Gasteiger partial charge in [0.05, 0.1) is 0 Å². The molecule has 2 atom stereocenters. The van der Waals surface area contributed by atoms with Gasteiger partial charge in [-0.3, -0.25) is 0 Å². The van der Waals surface area contributed by atoms with Crippen molar-refractivity contribution in [2.24, 2.45) is 5.92 Å². The van der Waals surface area contributed by atoms with Gasteiger partial charge in [0, 0.05) is 12.6 Å². The second-order valence-electron chi connectivity index (χ2n) is 4.30. The number of nitrogens with one attached hydrogen (secondary N) is 1.